The lowest BCUT2D eigenvalue weighted by molar-refractivity contribution is -0.462. The van der Waals surface area contributed by atoms with E-state index in [1.165, 1.54) is 61.0 Å². The number of anilines is 3. The van der Waals surface area contributed by atoms with E-state index in [1.54, 1.807) is 84.9 Å². The summed E-state index contributed by atoms with van der Waals surface area (Å²) >= 11 is 0. The van der Waals surface area contributed by atoms with Gasteiger partial charge in [-0.25, -0.2) is 9.42 Å². The van der Waals surface area contributed by atoms with Crippen LogP contribution in [0.3, 0.4) is 0 Å². The number of carbonyl (C=O) groups excluding carboxylic acids is 2. The van der Waals surface area contributed by atoms with Gasteiger partial charge in [0.25, 0.3) is 0 Å². The molecule has 0 amide bonds. The second-order valence-corrected chi connectivity index (χ2v) is 34.1. The fraction of sp³-hybridized carbons (Fsp3) is 0.184. The van der Waals surface area contributed by atoms with Crippen LogP contribution in [0, 0.1) is 51.9 Å². The number of alkyl halides is 3. The average Bonchev–Trinajstić information content (AvgIpc) is 0.673. The van der Waals surface area contributed by atoms with Crippen molar-refractivity contribution in [2.45, 2.75) is 39.8 Å². The Labute approximate surface area is 610 Å². The monoisotopic (exact) mass is 1420 g/mol. The lowest BCUT2D eigenvalue weighted by atomic mass is 9.60. The summed E-state index contributed by atoms with van der Waals surface area (Å²) in [5.74, 6) is -2.84. The first-order valence-electron chi connectivity index (χ1n) is 32.7. The van der Waals surface area contributed by atoms with E-state index in [-0.39, 0.29) is 28.5 Å². The molecule has 3 radical (unpaired) electrons. The van der Waals surface area contributed by atoms with Crippen molar-refractivity contribution in [3.8, 4) is 24.3 Å². The second-order valence-electron chi connectivity index (χ2n) is 25.4. The number of nitrogens with zero attached hydrogens (tertiary/aromatic N) is 9. The molecule has 1 fully saturated rings. The van der Waals surface area contributed by atoms with Gasteiger partial charge in [-0.15, -0.1) is 0 Å². The van der Waals surface area contributed by atoms with Gasteiger partial charge in [-0.1, -0.05) is 137 Å². The molecule has 4 aliphatic rings. The molecule has 3 aliphatic heterocycles. The van der Waals surface area contributed by atoms with Crippen LogP contribution in [0.25, 0.3) is 10.4 Å². The van der Waals surface area contributed by atoms with Crippen LogP contribution < -0.4 is 57.2 Å². The van der Waals surface area contributed by atoms with Gasteiger partial charge in [-0.05, 0) is 138 Å². The number of ketones is 1. The van der Waals surface area contributed by atoms with E-state index in [0.29, 0.717) is 38.8 Å². The molecule has 519 valence electrons. The minimum atomic E-state index is -5.19. The summed E-state index contributed by atoms with van der Waals surface area (Å²) in [4.78, 5) is 31.7. The molecule has 8 aromatic carbocycles. The van der Waals surface area contributed by atoms with E-state index in [9.17, 15) is 33.8 Å². The molecule has 0 saturated carbocycles. The number of carboxylic acid groups (broad SMARTS) is 1. The van der Waals surface area contributed by atoms with Crippen LogP contribution in [0.1, 0.15) is 61.1 Å². The molecule has 0 spiro atoms. The fourth-order valence-corrected chi connectivity index (χ4v) is 18.0. The van der Waals surface area contributed by atoms with Gasteiger partial charge in [-0.2, -0.15) is 34.2 Å². The molecule has 2 N–H and O–H groups in total. The van der Waals surface area contributed by atoms with Gasteiger partial charge in [-0.3, -0.25) is 4.79 Å². The molecule has 0 aromatic heterocycles. The van der Waals surface area contributed by atoms with E-state index in [0.717, 1.165) is 33.6 Å². The highest BCUT2D eigenvalue weighted by Crippen LogP contribution is 2.43. The largest absolute Gasteiger partial charge is 0.542 e. The minimum Gasteiger partial charge on any atom is -0.542 e. The van der Waals surface area contributed by atoms with Gasteiger partial charge in [0, 0.05) is 101 Å². The van der Waals surface area contributed by atoms with Gasteiger partial charge in [0.05, 0.1) is 53.1 Å². The Morgan fingerprint density at radius 2 is 0.961 bits per heavy atom. The van der Waals surface area contributed by atoms with Crippen LogP contribution in [0.15, 0.2) is 205 Å². The fourth-order valence-electron chi connectivity index (χ4n) is 11.9. The highest BCUT2D eigenvalue weighted by Gasteiger charge is 2.46. The first kappa shape index (κ1) is 79.3. The van der Waals surface area contributed by atoms with Crippen LogP contribution in [-0.2, 0) is 18.5 Å². The van der Waals surface area contributed by atoms with Crippen molar-refractivity contribution < 1.29 is 60.6 Å². The molecule has 1 aliphatic carbocycles. The minimum absolute atomic E-state index is 0. The summed E-state index contributed by atoms with van der Waals surface area (Å²) in [5.41, 5.74) is 15.4. The number of hydrogen-bond donors (Lipinski definition) is 2. The standard InChI is InChI=1S/C26H28N3Si.C21H12B3N3O3.C19H24N2OSi.C7H6BNO2.C2HF3O2.CH4.B.2H2/c1-28(2)19-11-13-22-24(15-19)30(5,6)25-16-20(29(3)4)12-14-23(25)26(22)21-10-8-7-9-18(21)17-27;1-27-21-13-7-6-12-20(21)24-29-22(18-10-4-2-8-16(18)14-25)28-23(30-24)19-11-5-3-9-17(19)15-26;1-20(2)13-7-9-15-17(11-13)23(5,6)18-12-14(21(3)4)8-10-16(18)19(15)22;9-5-6-3-1-2-4-7(6)8(10)11;3-2(4,5)1(6)7;;;;/h7-16H,1-6H3;2-13H;7-12H,1-6H3;1-4,10-11H;(H,6,7);1H4;;2*1H/q+1;;;;;;;;/p-1/i;;;;;;;1+1D;1+1. The SMILES string of the molecule is C.CN(C)c1ccc2c(c1)[Si](C)(C)C1=CC(=[N+](C)C)C=CC1=C2c1ccccc1C#N.CN(C)c1ccc2c(c1)[Si](C)(C)c1cc(N(C)C)ccc1C2=O.N#Cc1ccccc1B(O)O.O=C([O-])C(F)(F)F.[2HH].[2H][2H].[B].[C-]#[N+]c1ccccc1B1OB(c2ccccc2C#N)OB(c2ccccc2C#N)O1. The van der Waals surface area contributed by atoms with Crippen LogP contribution in [0.2, 0.25) is 26.2 Å². The van der Waals surface area contributed by atoms with Gasteiger partial charge < -0.3 is 48.4 Å². The molecule has 0 atom stereocenters. The number of hydrogen-bond acceptors (Lipinski definition) is 15. The summed E-state index contributed by atoms with van der Waals surface area (Å²) in [5, 5.41) is 68.9. The zero-order valence-electron chi connectivity index (χ0n) is 60.4. The van der Waals surface area contributed by atoms with Crippen LogP contribution in [-0.4, -0.2) is 148 Å². The number of carboxylic acids is 1. The quantitative estimate of drug-likeness (QED) is 0.0876. The lowest BCUT2D eigenvalue weighted by Crippen LogP contribution is -2.62. The van der Waals surface area contributed by atoms with Crippen LogP contribution >= 0.6 is 0 Å². The Balaban J connectivity index is 0.000000296. The zero-order valence-corrected chi connectivity index (χ0v) is 60.4. The van der Waals surface area contributed by atoms with Crippen molar-refractivity contribution in [1.82, 2.24) is 0 Å². The summed E-state index contributed by atoms with van der Waals surface area (Å²) in [6.07, 6.45) is 1.62. The lowest BCUT2D eigenvalue weighted by Gasteiger charge is -2.38. The van der Waals surface area contributed by atoms with Crippen molar-refractivity contribution in [1.29, 1.82) is 21.0 Å². The molecule has 0 bridgehead atoms. The van der Waals surface area contributed by atoms with Crippen molar-refractivity contribution in [2.75, 3.05) is 71.1 Å². The number of fused-ring (bicyclic) bond motifs is 4. The number of halogens is 3. The van der Waals surface area contributed by atoms with Gasteiger partial charge in [0.15, 0.2) is 17.2 Å². The van der Waals surface area contributed by atoms with Gasteiger partial charge in [0.2, 0.25) is 0 Å². The van der Waals surface area contributed by atoms with Crippen molar-refractivity contribution >= 4 is 136 Å². The number of rotatable bonds is 8. The first-order chi connectivity index (χ1) is 48.9. The Morgan fingerprint density at radius 1 is 0.583 bits per heavy atom. The van der Waals surface area contributed by atoms with Crippen molar-refractivity contribution in [3.63, 3.8) is 0 Å². The molecule has 8 aromatic rings. The predicted octanol–water partition coefficient (Wildman–Crippen LogP) is 7.10. The number of carbonyl (C=O) groups is 2. The first-order valence-corrected chi connectivity index (χ1v) is 37.7. The predicted molar refractivity (Wildman–Crippen MR) is 414 cm³/mol. The molecule has 103 heavy (non-hydrogen) atoms. The molecular formula is C76H78B5F3N9O8Si2. The number of aliphatic carboxylic acids is 1. The molecule has 12 rings (SSSR count). The number of para-hydroxylation sites is 1. The van der Waals surface area contributed by atoms with Crippen molar-refractivity contribution in [3.05, 3.63) is 261 Å². The molecular weight excluding hydrogens is 1330 g/mol. The Bertz CT molecular complexity index is 4670. The average molecular weight is 1420 g/mol. The van der Waals surface area contributed by atoms with Gasteiger partial charge >= 0.3 is 34.6 Å². The highest BCUT2D eigenvalue weighted by molar-refractivity contribution is 7.02. The normalized spacial score (nSPS) is 13.8. The number of allylic oxidation sites excluding steroid dienone is 5. The smallest absolute Gasteiger partial charge is 0.489 e. The Morgan fingerprint density at radius 3 is 1.37 bits per heavy atom. The molecule has 27 heteroatoms. The Kier molecular flexibility index (Phi) is 26.6. The maximum Gasteiger partial charge on any atom is 0.489 e. The van der Waals surface area contributed by atoms with E-state index in [2.05, 4.69) is 151 Å². The Hall–Kier alpha value is -11.0. The van der Waals surface area contributed by atoms with E-state index in [1.807, 2.05) is 76.7 Å². The third-order valence-electron chi connectivity index (χ3n) is 17.4. The molecule has 1 saturated heterocycles. The number of benzene rings is 8. The third kappa shape index (κ3) is 18.0. The van der Waals surface area contributed by atoms with Crippen LogP contribution in [0.5, 0.6) is 0 Å². The molecule has 17 nitrogen and oxygen atoms in total. The third-order valence-corrected chi connectivity index (χ3v) is 24.5. The topological polar surface area (TPSA) is 238 Å². The summed E-state index contributed by atoms with van der Waals surface area (Å²) in [6.45, 7) is 17.0. The van der Waals surface area contributed by atoms with E-state index >= 15 is 0 Å². The van der Waals surface area contributed by atoms with E-state index < -0.39 is 56.8 Å². The van der Waals surface area contributed by atoms with Gasteiger partial charge in [0.1, 0.15) is 36.2 Å². The van der Waals surface area contributed by atoms with Crippen LogP contribution in [0.4, 0.5) is 35.9 Å². The maximum atomic E-state index is 13.0. The van der Waals surface area contributed by atoms with E-state index in [4.69, 9.17) is 48.5 Å². The summed E-state index contributed by atoms with van der Waals surface area (Å²) < 4.78 is 61.9. The molecule has 0 unspecified atom stereocenters. The number of nitriles is 4. The molecule has 3 heterocycles. The second kappa shape index (κ2) is 34.6. The zero-order chi connectivity index (χ0) is 75.8. The maximum absolute atomic E-state index is 13.0. The summed E-state index contributed by atoms with van der Waals surface area (Å²) in [7, 11) is 8.35. The van der Waals surface area contributed by atoms with Crippen molar-refractivity contribution in [2.24, 2.45) is 0 Å². The summed E-state index contributed by atoms with van der Waals surface area (Å²) in [6, 6.07) is 63.2. The highest BCUT2D eigenvalue weighted by atomic mass is 28.3.